The van der Waals surface area contributed by atoms with Crippen molar-refractivity contribution in [1.82, 2.24) is 10.3 Å². The van der Waals surface area contributed by atoms with E-state index in [-0.39, 0.29) is 6.54 Å². The van der Waals surface area contributed by atoms with Crippen molar-refractivity contribution in [3.8, 4) is 0 Å². The number of oxazole rings is 1. The van der Waals surface area contributed by atoms with Crippen LogP contribution in [0.4, 0.5) is 0 Å². The van der Waals surface area contributed by atoms with Crippen molar-refractivity contribution >= 4 is 5.97 Å². The number of hydrogen-bond acceptors (Lipinski definition) is 6. The lowest BCUT2D eigenvalue weighted by atomic mass is 10.1. The Labute approximate surface area is 93.6 Å². The zero-order valence-electron chi connectivity index (χ0n) is 9.61. The molecule has 1 aromatic heterocycles. The van der Waals surface area contributed by atoms with E-state index in [9.17, 15) is 9.90 Å². The summed E-state index contributed by atoms with van der Waals surface area (Å²) in [6.07, 6.45) is 1.61. The fourth-order valence-corrected chi connectivity index (χ4v) is 1.19. The van der Waals surface area contributed by atoms with Gasteiger partial charge in [0.05, 0.1) is 19.9 Å². The Bertz CT molecular complexity index is 359. The molecule has 0 spiro atoms. The first-order chi connectivity index (χ1) is 7.45. The fraction of sp³-hybridized carbons (Fsp3) is 0.600. The van der Waals surface area contributed by atoms with Gasteiger partial charge in [-0.2, -0.15) is 0 Å². The lowest BCUT2D eigenvalue weighted by Gasteiger charge is -2.19. The van der Waals surface area contributed by atoms with Crippen molar-refractivity contribution in [3.63, 3.8) is 0 Å². The van der Waals surface area contributed by atoms with E-state index in [0.29, 0.717) is 12.4 Å². The molecule has 0 amide bonds. The second-order valence-electron chi connectivity index (χ2n) is 3.73. The molecule has 0 aliphatic heterocycles. The Morgan fingerprint density at radius 2 is 2.44 bits per heavy atom. The molecule has 16 heavy (non-hydrogen) atoms. The van der Waals surface area contributed by atoms with Crippen LogP contribution >= 0.6 is 0 Å². The molecule has 6 nitrogen and oxygen atoms in total. The van der Waals surface area contributed by atoms with Gasteiger partial charge in [0.25, 0.3) is 0 Å². The van der Waals surface area contributed by atoms with Crippen LogP contribution in [0.15, 0.2) is 10.6 Å². The van der Waals surface area contributed by atoms with E-state index in [1.807, 2.05) is 0 Å². The Morgan fingerprint density at radius 1 is 1.75 bits per heavy atom. The third-order valence-corrected chi connectivity index (χ3v) is 2.04. The average Bonchev–Trinajstić information content (AvgIpc) is 2.62. The lowest BCUT2D eigenvalue weighted by molar-refractivity contribution is -0.159. The molecule has 0 radical (unpaired) electrons. The number of rotatable bonds is 5. The average molecular weight is 228 g/mol. The zero-order valence-corrected chi connectivity index (χ0v) is 9.61. The molecular weight excluding hydrogens is 212 g/mol. The van der Waals surface area contributed by atoms with Crippen LogP contribution in [-0.4, -0.2) is 35.3 Å². The van der Waals surface area contributed by atoms with Gasteiger partial charge in [-0.1, -0.05) is 0 Å². The summed E-state index contributed by atoms with van der Waals surface area (Å²) in [6, 6.07) is 0. The monoisotopic (exact) mass is 228 g/mol. The van der Waals surface area contributed by atoms with Crippen LogP contribution in [0.5, 0.6) is 0 Å². The largest absolute Gasteiger partial charge is 0.467 e. The summed E-state index contributed by atoms with van der Waals surface area (Å²) in [6.45, 7) is 3.59. The number of aliphatic hydroxyl groups is 1. The number of aryl methyl sites for hydroxylation is 1. The van der Waals surface area contributed by atoms with Crippen molar-refractivity contribution in [2.75, 3.05) is 13.7 Å². The number of methoxy groups -OCH3 is 1. The van der Waals surface area contributed by atoms with Crippen molar-refractivity contribution < 1.29 is 19.1 Å². The molecule has 1 rings (SSSR count). The molecule has 1 atom stereocenters. The summed E-state index contributed by atoms with van der Waals surface area (Å²) in [5.74, 6) is 0.554. The summed E-state index contributed by atoms with van der Waals surface area (Å²) in [4.78, 5) is 15.1. The molecule has 1 heterocycles. The maximum Gasteiger partial charge on any atom is 0.338 e. The molecule has 1 unspecified atom stereocenters. The van der Waals surface area contributed by atoms with Crippen LogP contribution in [0.3, 0.4) is 0 Å². The van der Waals surface area contributed by atoms with Crippen molar-refractivity contribution in [2.24, 2.45) is 0 Å². The first-order valence-electron chi connectivity index (χ1n) is 4.88. The molecule has 0 aliphatic rings. The van der Waals surface area contributed by atoms with E-state index in [2.05, 4.69) is 15.0 Å². The maximum absolute atomic E-state index is 11.1. The van der Waals surface area contributed by atoms with Crippen molar-refractivity contribution in [3.05, 3.63) is 17.8 Å². The van der Waals surface area contributed by atoms with Crippen LogP contribution in [0, 0.1) is 6.92 Å². The number of ether oxygens (including phenoxy) is 1. The Kier molecular flexibility index (Phi) is 4.03. The number of nitrogens with zero attached hydrogens (tertiary/aromatic N) is 1. The predicted octanol–water partition coefficient (Wildman–Crippen LogP) is -0.00338. The molecule has 0 aromatic carbocycles. The van der Waals surface area contributed by atoms with Gasteiger partial charge in [-0.05, 0) is 13.8 Å². The van der Waals surface area contributed by atoms with Crippen LogP contribution in [-0.2, 0) is 16.1 Å². The molecular formula is C10H16N2O4. The fourth-order valence-electron chi connectivity index (χ4n) is 1.19. The number of carbonyl (C=O) groups is 1. The highest BCUT2D eigenvalue weighted by Crippen LogP contribution is 2.05. The van der Waals surface area contributed by atoms with Crippen LogP contribution in [0.25, 0.3) is 0 Å². The molecule has 2 N–H and O–H groups in total. The molecule has 0 aliphatic carbocycles. The van der Waals surface area contributed by atoms with E-state index in [0.717, 1.165) is 5.76 Å². The van der Waals surface area contributed by atoms with Gasteiger partial charge in [0.2, 0.25) is 5.89 Å². The van der Waals surface area contributed by atoms with E-state index in [1.54, 1.807) is 13.1 Å². The third kappa shape index (κ3) is 3.32. The Balaban J connectivity index is 2.38. The minimum absolute atomic E-state index is 0.0705. The number of carbonyl (C=O) groups excluding carboxylic acids is 1. The molecule has 0 saturated carbocycles. The molecule has 1 aromatic rings. The first-order valence-corrected chi connectivity index (χ1v) is 4.88. The number of nitrogens with one attached hydrogen (secondary N) is 1. The van der Waals surface area contributed by atoms with Crippen molar-refractivity contribution in [2.45, 2.75) is 26.0 Å². The second kappa shape index (κ2) is 5.09. The van der Waals surface area contributed by atoms with Gasteiger partial charge in [0.1, 0.15) is 5.76 Å². The van der Waals surface area contributed by atoms with Gasteiger partial charge >= 0.3 is 5.97 Å². The van der Waals surface area contributed by atoms with Gasteiger partial charge in [-0.15, -0.1) is 0 Å². The summed E-state index contributed by atoms with van der Waals surface area (Å²) in [5, 5.41) is 12.5. The zero-order chi connectivity index (χ0) is 12.2. The van der Waals surface area contributed by atoms with E-state index >= 15 is 0 Å². The highest BCUT2D eigenvalue weighted by molar-refractivity contribution is 5.78. The minimum Gasteiger partial charge on any atom is -0.467 e. The lowest BCUT2D eigenvalue weighted by Crippen LogP contribution is -2.45. The normalized spacial score (nSPS) is 14.5. The summed E-state index contributed by atoms with van der Waals surface area (Å²) < 4.78 is 9.67. The molecule has 90 valence electrons. The second-order valence-corrected chi connectivity index (χ2v) is 3.73. The Morgan fingerprint density at radius 3 is 2.94 bits per heavy atom. The van der Waals surface area contributed by atoms with Crippen LogP contribution in [0.2, 0.25) is 0 Å². The number of esters is 1. The molecule has 0 saturated heterocycles. The minimum atomic E-state index is -1.55. The van der Waals surface area contributed by atoms with Gasteiger partial charge in [0.15, 0.2) is 5.60 Å². The summed E-state index contributed by atoms with van der Waals surface area (Å²) in [7, 11) is 1.23. The van der Waals surface area contributed by atoms with Gasteiger partial charge in [0, 0.05) is 6.54 Å². The van der Waals surface area contributed by atoms with Gasteiger partial charge in [-0.25, -0.2) is 9.78 Å². The topological polar surface area (TPSA) is 84.6 Å². The highest BCUT2D eigenvalue weighted by Gasteiger charge is 2.30. The molecule has 0 fully saturated rings. The van der Waals surface area contributed by atoms with E-state index in [4.69, 9.17) is 4.42 Å². The van der Waals surface area contributed by atoms with Crippen molar-refractivity contribution in [1.29, 1.82) is 0 Å². The standard InChI is InChI=1S/C10H16N2O4/c1-7-4-12-8(16-7)5-11-6-10(2,14)9(13)15-3/h4,11,14H,5-6H2,1-3H3. The molecule has 6 heteroatoms. The SMILES string of the molecule is COC(=O)C(C)(O)CNCc1ncc(C)o1. The number of aromatic nitrogens is 1. The summed E-state index contributed by atoms with van der Waals surface area (Å²) >= 11 is 0. The smallest absolute Gasteiger partial charge is 0.338 e. The first kappa shape index (κ1) is 12.7. The molecule has 0 bridgehead atoms. The maximum atomic E-state index is 11.1. The van der Waals surface area contributed by atoms with Gasteiger partial charge in [-0.3, -0.25) is 0 Å². The third-order valence-electron chi connectivity index (χ3n) is 2.04. The van der Waals surface area contributed by atoms with Crippen LogP contribution < -0.4 is 5.32 Å². The number of hydrogen-bond donors (Lipinski definition) is 2. The van der Waals surface area contributed by atoms with E-state index in [1.165, 1.54) is 14.0 Å². The Hall–Kier alpha value is -1.40. The van der Waals surface area contributed by atoms with Gasteiger partial charge < -0.3 is 19.6 Å². The quantitative estimate of drug-likeness (QED) is 0.690. The van der Waals surface area contributed by atoms with Crippen LogP contribution in [0.1, 0.15) is 18.6 Å². The predicted molar refractivity (Wildman–Crippen MR) is 55.6 cm³/mol. The van der Waals surface area contributed by atoms with E-state index < -0.39 is 11.6 Å². The summed E-state index contributed by atoms with van der Waals surface area (Å²) in [5.41, 5.74) is -1.55. The highest BCUT2D eigenvalue weighted by atomic mass is 16.5.